The summed E-state index contributed by atoms with van der Waals surface area (Å²) in [5.41, 5.74) is -0.577. The number of rotatable bonds is 12. The average Bonchev–Trinajstić information content (AvgIpc) is 3.16. The first-order chi connectivity index (χ1) is 13.6. The Kier molecular flexibility index (Phi) is 9.92. The van der Waals surface area contributed by atoms with Gasteiger partial charge in [-0.2, -0.15) is 0 Å². The van der Waals surface area contributed by atoms with E-state index in [1.807, 2.05) is 13.8 Å². The molecule has 0 saturated carbocycles. The highest BCUT2D eigenvalue weighted by Gasteiger charge is 2.44. The minimum absolute atomic E-state index is 0.0170. The van der Waals surface area contributed by atoms with Crippen molar-refractivity contribution in [1.29, 1.82) is 0 Å². The number of carbonyl (C=O) groups is 3. The van der Waals surface area contributed by atoms with E-state index in [1.165, 1.54) is 18.3 Å². The summed E-state index contributed by atoms with van der Waals surface area (Å²) in [7, 11) is 3.35. The van der Waals surface area contributed by atoms with Gasteiger partial charge in [0.25, 0.3) is 0 Å². The minimum Gasteiger partial charge on any atom is -0.455 e. The Morgan fingerprint density at radius 1 is 1.38 bits per heavy atom. The molecule has 8 heteroatoms. The van der Waals surface area contributed by atoms with Crippen LogP contribution in [0.1, 0.15) is 81.9 Å². The number of carbonyl (C=O) groups excluding carboxylic acids is 3. The molecule has 0 bridgehead atoms. The van der Waals surface area contributed by atoms with E-state index in [9.17, 15) is 14.4 Å². The maximum Gasteiger partial charge on any atom is 0.303 e. The van der Waals surface area contributed by atoms with Gasteiger partial charge < -0.3 is 14.4 Å². The summed E-state index contributed by atoms with van der Waals surface area (Å²) < 4.78 is 11.4. The van der Waals surface area contributed by atoms with Crippen LogP contribution >= 0.6 is 11.3 Å². The lowest BCUT2D eigenvalue weighted by atomic mass is 9.80. The number of ether oxygens (including phenoxy) is 2. The molecule has 0 saturated heterocycles. The highest BCUT2D eigenvalue weighted by atomic mass is 32.1. The molecule has 1 aromatic heterocycles. The lowest BCUT2D eigenvalue weighted by molar-refractivity contribution is -0.186. The molecule has 0 N–H and O–H groups in total. The molecule has 0 fully saturated rings. The molecule has 1 rings (SSSR count). The van der Waals surface area contributed by atoms with E-state index in [1.54, 1.807) is 24.4 Å². The fourth-order valence-electron chi connectivity index (χ4n) is 3.52. The van der Waals surface area contributed by atoms with E-state index in [2.05, 4.69) is 18.8 Å². The zero-order valence-corrected chi connectivity index (χ0v) is 19.4. The SMILES string of the molecule is CCCCC(=O)N(C)C(C)(OC)C(CC(OC(C)=O)c1nc(C=O)cs1)C(C)C. The Labute approximate surface area is 177 Å². The van der Waals surface area contributed by atoms with Gasteiger partial charge >= 0.3 is 5.97 Å². The summed E-state index contributed by atoms with van der Waals surface area (Å²) in [6.45, 7) is 9.39. The number of nitrogens with zero attached hydrogens (tertiary/aromatic N) is 2. The summed E-state index contributed by atoms with van der Waals surface area (Å²) in [6, 6.07) is 0. The Bertz CT molecular complexity index is 690. The fourth-order valence-corrected chi connectivity index (χ4v) is 4.33. The van der Waals surface area contributed by atoms with Crippen LogP contribution in [-0.2, 0) is 19.1 Å². The normalized spacial score (nSPS) is 15.4. The van der Waals surface area contributed by atoms with Crippen LogP contribution in [-0.4, -0.2) is 47.9 Å². The molecule has 3 unspecified atom stereocenters. The largest absolute Gasteiger partial charge is 0.455 e. The topological polar surface area (TPSA) is 85.8 Å². The van der Waals surface area contributed by atoms with Crippen molar-refractivity contribution in [2.45, 2.75) is 72.1 Å². The fraction of sp³-hybridized carbons (Fsp3) is 0.714. The molecule has 1 aromatic rings. The van der Waals surface area contributed by atoms with Crippen LogP contribution < -0.4 is 0 Å². The third kappa shape index (κ3) is 6.60. The molecule has 0 aliphatic heterocycles. The number of esters is 1. The summed E-state index contributed by atoms with van der Waals surface area (Å²) in [5.74, 6) is -0.420. The monoisotopic (exact) mass is 426 g/mol. The maximum atomic E-state index is 12.7. The molecule has 1 amide bonds. The van der Waals surface area contributed by atoms with Crippen molar-refractivity contribution in [3.8, 4) is 0 Å². The van der Waals surface area contributed by atoms with Crippen molar-refractivity contribution in [3.05, 3.63) is 16.1 Å². The van der Waals surface area contributed by atoms with Crippen LogP contribution in [0.3, 0.4) is 0 Å². The Balaban J connectivity index is 3.22. The van der Waals surface area contributed by atoms with Gasteiger partial charge in [0, 0.05) is 38.8 Å². The van der Waals surface area contributed by atoms with Crippen molar-refractivity contribution in [1.82, 2.24) is 9.88 Å². The van der Waals surface area contributed by atoms with Gasteiger partial charge in [-0.05, 0) is 25.7 Å². The van der Waals surface area contributed by atoms with Crippen molar-refractivity contribution in [2.75, 3.05) is 14.2 Å². The van der Waals surface area contributed by atoms with Crippen LogP contribution in [0.5, 0.6) is 0 Å². The van der Waals surface area contributed by atoms with E-state index in [0.717, 1.165) is 12.8 Å². The lowest BCUT2D eigenvalue weighted by Gasteiger charge is -2.46. The molecule has 0 aliphatic rings. The molecule has 0 aromatic carbocycles. The van der Waals surface area contributed by atoms with Crippen molar-refractivity contribution in [3.63, 3.8) is 0 Å². The van der Waals surface area contributed by atoms with Gasteiger partial charge in [0.1, 0.15) is 16.4 Å². The van der Waals surface area contributed by atoms with Gasteiger partial charge in [-0.3, -0.25) is 14.4 Å². The van der Waals surface area contributed by atoms with E-state index >= 15 is 0 Å². The number of aromatic nitrogens is 1. The first-order valence-corrected chi connectivity index (χ1v) is 10.9. The first-order valence-electron chi connectivity index (χ1n) is 10.00. The number of amides is 1. The van der Waals surface area contributed by atoms with Crippen LogP contribution in [0.25, 0.3) is 0 Å². The molecule has 0 radical (unpaired) electrons. The predicted molar refractivity (Wildman–Crippen MR) is 113 cm³/mol. The third-order valence-corrected chi connectivity index (χ3v) is 6.36. The number of methoxy groups -OCH3 is 1. The molecule has 29 heavy (non-hydrogen) atoms. The quantitative estimate of drug-likeness (QED) is 0.282. The van der Waals surface area contributed by atoms with Crippen molar-refractivity contribution >= 4 is 29.5 Å². The average molecular weight is 427 g/mol. The minimum atomic E-state index is -0.887. The first kappa shape index (κ1) is 25.2. The zero-order chi connectivity index (χ0) is 22.2. The number of thiazole rings is 1. The van der Waals surface area contributed by atoms with Crippen LogP contribution in [0.15, 0.2) is 5.38 Å². The Morgan fingerprint density at radius 3 is 2.48 bits per heavy atom. The van der Waals surface area contributed by atoms with E-state index in [4.69, 9.17) is 9.47 Å². The molecule has 3 atom stereocenters. The molecule has 1 heterocycles. The molecular weight excluding hydrogens is 392 g/mol. The summed E-state index contributed by atoms with van der Waals surface area (Å²) >= 11 is 1.28. The molecule has 0 aliphatic carbocycles. The molecule has 7 nitrogen and oxygen atoms in total. The number of aldehydes is 1. The summed E-state index contributed by atoms with van der Waals surface area (Å²) in [4.78, 5) is 41.4. The second kappa shape index (κ2) is 11.4. The van der Waals surface area contributed by atoms with E-state index in [-0.39, 0.29) is 17.7 Å². The third-order valence-electron chi connectivity index (χ3n) is 5.40. The van der Waals surface area contributed by atoms with Crippen LogP contribution in [0, 0.1) is 11.8 Å². The van der Waals surface area contributed by atoms with Gasteiger partial charge in [-0.15, -0.1) is 11.3 Å². The van der Waals surface area contributed by atoms with E-state index < -0.39 is 17.8 Å². The predicted octanol–water partition coefficient (Wildman–Crippen LogP) is 4.23. The maximum absolute atomic E-state index is 12.7. The van der Waals surface area contributed by atoms with Gasteiger partial charge in [-0.25, -0.2) is 4.98 Å². The highest BCUT2D eigenvalue weighted by molar-refractivity contribution is 7.09. The molecule has 164 valence electrons. The Hall–Kier alpha value is -1.80. The standard InChI is InChI=1S/C21H34N2O5S/c1-8-9-10-19(26)23(6)21(5,27-7)17(14(2)3)11-18(28-15(4)25)20-22-16(12-24)13-29-20/h12-14,17-18H,8-11H2,1-7H3. The Morgan fingerprint density at radius 2 is 2.03 bits per heavy atom. The zero-order valence-electron chi connectivity index (χ0n) is 18.6. The van der Waals surface area contributed by atoms with Gasteiger partial charge in [0.2, 0.25) is 5.91 Å². The number of hydrogen-bond acceptors (Lipinski definition) is 7. The number of unbranched alkanes of at least 4 members (excludes halogenated alkanes) is 1. The van der Waals surface area contributed by atoms with Gasteiger partial charge in [0.05, 0.1) is 0 Å². The number of hydrogen-bond donors (Lipinski definition) is 0. The smallest absolute Gasteiger partial charge is 0.303 e. The van der Waals surface area contributed by atoms with E-state index in [0.29, 0.717) is 29.8 Å². The van der Waals surface area contributed by atoms with Crippen LogP contribution in [0.4, 0.5) is 0 Å². The van der Waals surface area contributed by atoms with Gasteiger partial charge in [-0.1, -0.05) is 27.2 Å². The summed E-state index contributed by atoms with van der Waals surface area (Å²) in [5, 5.41) is 2.20. The highest BCUT2D eigenvalue weighted by Crippen LogP contribution is 2.39. The second-order valence-electron chi connectivity index (χ2n) is 7.73. The molecular formula is C21H34N2O5S. The summed E-state index contributed by atoms with van der Waals surface area (Å²) in [6.07, 6.45) is 2.68. The van der Waals surface area contributed by atoms with Gasteiger partial charge in [0.15, 0.2) is 12.4 Å². The van der Waals surface area contributed by atoms with Crippen molar-refractivity contribution in [2.24, 2.45) is 11.8 Å². The van der Waals surface area contributed by atoms with Crippen LogP contribution in [0.2, 0.25) is 0 Å². The second-order valence-corrected chi connectivity index (χ2v) is 8.62. The molecule has 0 spiro atoms. The lowest BCUT2D eigenvalue weighted by Crippen LogP contribution is -2.55. The van der Waals surface area contributed by atoms with Crippen molar-refractivity contribution < 1.29 is 23.9 Å².